The van der Waals surface area contributed by atoms with E-state index in [1.54, 1.807) is 0 Å². The minimum Gasteiger partial charge on any atom is -0.505 e. The van der Waals surface area contributed by atoms with E-state index in [1.165, 1.54) is 24.4 Å². The van der Waals surface area contributed by atoms with Crippen molar-refractivity contribution in [3.05, 3.63) is 52.3 Å². The van der Waals surface area contributed by atoms with Crippen LogP contribution in [0.25, 0.3) is 0 Å². The molecule has 0 aliphatic carbocycles. The SMILES string of the molecule is O=C(Nc1ccc(Br)cc1C(F)(F)F)c1ncccc1O. The second-order valence-corrected chi connectivity index (χ2v) is 4.93. The highest BCUT2D eigenvalue weighted by Crippen LogP contribution is 2.36. The van der Waals surface area contributed by atoms with Gasteiger partial charge in [-0.1, -0.05) is 15.9 Å². The number of alkyl halides is 3. The number of amides is 1. The Labute approximate surface area is 125 Å². The van der Waals surface area contributed by atoms with Gasteiger partial charge in [-0.25, -0.2) is 4.98 Å². The standard InChI is InChI=1S/C13H8BrF3N2O2/c14-7-3-4-9(8(6-7)13(15,16)17)19-12(21)11-10(20)2-1-5-18-11/h1-6,20H,(H,19,21). The molecule has 0 aliphatic heterocycles. The van der Waals surface area contributed by atoms with Gasteiger partial charge in [-0.2, -0.15) is 13.2 Å². The van der Waals surface area contributed by atoms with Crippen LogP contribution >= 0.6 is 15.9 Å². The zero-order valence-corrected chi connectivity index (χ0v) is 11.9. The van der Waals surface area contributed by atoms with E-state index in [9.17, 15) is 23.1 Å². The molecule has 8 heteroatoms. The van der Waals surface area contributed by atoms with Gasteiger partial charge >= 0.3 is 6.18 Å². The number of carbonyl (C=O) groups excluding carboxylic acids is 1. The largest absolute Gasteiger partial charge is 0.505 e. The molecule has 2 aromatic rings. The van der Waals surface area contributed by atoms with Crippen molar-refractivity contribution in [3.63, 3.8) is 0 Å². The van der Waals surface area contributed by atoms with Gasteiger partial charge in [-0.3, -0.25) is 4.79 Å². The van der Waals surface area contributed by atoms with Crippen LogP contribution in [0.3, 0.4) is 0 Å². The highest BCUT2D eigenvalue weighted by Gasteiger charge is 2.34. The molecule has 4 nitrogen and oxygen atoms in total. The maximum Gasteiger partial charge on any atom is 0.418 e. The van der Waals surface area contributed by atoms with E-state index in [1.807, 2.05) is 0 Å². The van der Waals surface area contributed by atoms with Crippen LogP contribution in [0.5, 0.6) is 5.75 Å². The van der Waals surface area contributed by atoms with Crippen LogP contribution in [-0.4, -0.2) is 16.0 Å². The average Bonchev–Trinajstić information content (AvgIpc) is 2.40. The third-order valence-corrected chi connectivity index (χ3v) is 3.03. The van der Waals surface area contributed by atoms with Gasteiger partial charge in [0, 0.05) is 10.7 Å². The molecule has 1 amide bonds. The summed E-state index contributed by atoms with van der Waals surface area (Å²) in [5, 5.41) is 11.6. The van der Waals surface area contributed by atoms with Gasteiger partial charge in [0.1, 0.15) is 5.75 Å². The molecule has 21 heavy (non-hydrogen) atoms. The van der Waals surface area contributed by atoms with Gasteiger partial charge in [0.15, 0.2) is 5.69 Å². The first-order valence-corrected chi connectivity index (χ1v) is 6.40. The molecule has 0 bridgehead atoms. The Morgan fingerprint density at radius 2 is 2.00 bits per heavy atom. The van der Waals surface area contributed by atoms with Crippen molar-refractivity contribution in [1.29, 1.82) is 0 Å². The van der Waals surface area contributed by atoms with E-state index in [2.05, 4.69) is 26.2 Å². The Morgan fingerprint density at radius 3 is 2.62 bits per heavy atom. The lowest BCUT2D eigenvalue weighted by atomic mass is 10.1. The maximum atomic E-state index is 12.9. The summed E-state index contributed by atoms with van der Waals surface area (Å²) >= 11 is 2.95. The van der Waals surface area contributed by atoms with Crippen LogP contribution in [-0.2, 0) is 6.18 Å². The molecule has 0 unspecified atom stereocenters. The fourth-order valence-corrected chi connectivity index (χ4v) is 1.97. The first kappa shape index (κ1) is 15.3. The number of hydrogen-bond donors (Lipinski definition) is 2. The van der Waals surface area contributed by atoms with E-state index in [4.69, 9.17) is 0 Å². The highest BCUT2D eigenvalue weighted by molar-refractivity contribution is 9.10. The van der Waals surface area contributed by atoms with E-state index < -0.39 is 29.1 Å². The Hall–Kier alpha value is -2.09. The summed E-state index contributed by atoms with van der Waals surface area (Å²) in [7, 11) is 0. The molecule has 1 aromatic heterocycles. The molecule has 0 saturated heterocycles. The lowest BCUT2D eigenvalue weighted by Gasteiger charge is -2.14. The second kappa shape index (κ2) is 5.72. The summed E-state index contributed by atoms with van der Waals surface area (Å²) < 4.78 is 39.0. The quantitative estimate of drug-likeness (QED) is 0.855. The normalized spacial score (nSPS) is 11.2. The Balaban J connectivity index is 2.36. The molecular formula is C13H8BrF3N2O2. The fraction of sp³-hybridized carbons (Fsp3) is 0.0769. The molecule has 0 aliphatic rings. The number of aromatic hydroxyl groups is 1. The zero-order chi connectivity index (χ0) is 15.6. The predicted molar refractivity (Wildman–Crippen MR) is 73.0 cm³/mol. The van der Waals surface area contributed by atoms with Crippen LogP contribution < -0.4 is 5.32 Å². The first-order chi connectivity index (χ1) is 9.79. The van der Waals surface area contributed by atoms with Gasteiger partial charge < -0.3 is 10.4 Å². The van der Waals surface area contributed by atoms with Crippen molar-refractivity contribution in [2.75, 3.05) is 5.32 Å². The molecule has 0 saturated carbocycles. The van der Waals surface area contributed by atoms with E-state index in [-0.39, 0.29) is 10.2 Å². The number of nitrogens with one attached hydrogen (secondary N) is 1. The van der Waals surface area contributed by atoms with Crippen LogP contribution in [0.2, 0.25) is 0 Å². The van der Waals surface area contributed by atoms with Gasteiger partial charge in [0.05, 0.1) is 11.3 Å². The molecule has 0 fully saturated rings. The minimum atomic E-state index is -4.63. The number of hydrogen-bond acceptors (Lipinski definition) is 3. The second-order valence-electron chi connectivity index (χ2n) is 4.01. The minimum absolute atomic E-state index is 0.230. The average molecular weight is 361 g/mol. The van der Waals surface area contributed by atoms with Crippen LogP contribution in [0, 0.1) is 0 Å². The Morgan fingerprint density at radius 1 is 1.29 bits per heavy atom. The number of rotatable bonds is 2. The smallest absolute Gasteiger partial charge is 0.418 e. The maximum absolute atomic E-state index is 12.9. The van der Waals surface area contributed by atoms with E-state index in [0.717, 1.165) is 12.1 Å². The molecule has 2 N–H and O–H groups in total. The van der Waals surface area contributed by atoms with Crippen molar-refractivity contribution in [1.82, 2.24) is 4.98 Å². The molecule has 1 heterocycles. The summed E-state index contributed by atoms with van der Waals surface area (Å²) in [6.45, 7) is 0. The van der Waals surface area contributed by atoms with E-state index in [0.29, 0.717) is 0 Å². The van der Waals surface area contributed by atoms with Crippen molar-refractivity contribution in [3.8, 4) is 5.75 Å². The first-order valence-electron chi connectivity index (χ1n) is 5.61. The monoisotopic (exact) mass is 360 g/mol. The summed E-state index contributed by atoms with van der Waals surface area (Å²) in [4.78, 5) is 15.5. The number of benzene rings is 1. The summed E-state index contributed by atoms with van der Waals surface area (Å²) in [6, 6.07) is 5.95. The number of aromatic nitrogens is 1. The number of carbonyl (C=O) groups is 1. The molecule has 0 radical (unpaired) electrons. The molecule has 2 rings (SSSR count). The molecular weight excluding hydrogens is 353 g/mol. The Kier molecular flexibility index (Phi) is 4.17. The van der Waals surface area contributed by atoms with Crippen molar-refractivity contribution < 1.29 is 23.1 Å². The van der Waals surface area contributed by atoms with Gasteiger partial charge in [-0.05, 0) is 30.3 Å². The zero-order valence-electron chi connectivity index (χ0n) is 10.3. The number of anilines is 1. The van der Waals surface area contributed by atoms with Crippen LogP contribution in [0.15, 0.2) is 41.0 Å². The molecule has 0 atom stereocenters. The molecule has 1 aromatic carbocycles. The number of pyridine rings is 1. The number of nitrogens with zero attached hydrogens (tertiary/aromatic N) is 1. The van der Waals surface area contributed by atoms with Gasteiger partial charge in [-0.15, -0.1) is 0 Å². The third kappa shape index (κ3) is 3.52. The molecule has 0 spiro atoms. The number of halogens is 4. The topological polar surface area (TPSA) is 62.2 Å². The fourth-order valence-electron chi connectivity index (χ4n) is 1.61. The Bertz CT molecular complexity index is 689. The van der Waals surface area contributed by atoms with E-state index >= 15 is 0 Å². The van der Waals surface area contributed by atoms with Gasteiger partial charge in [0.2, 0.25) is 0 Å². The summed E-state index contributed by atoms with van der Waals surface area (Å²) in [5.41, 5.74) is -1.77. The van der Waals surface area contributed by atoms with Crippen LogP contribution in [0.1, 0.15) is 16.1 Å². The lowest BCUT2D eigenvalue weighted by molar-refractivity contribution is -0.136. The predicted octanol–water partition coefficient (Wildman–Crippen LogP) is 3.82. The van der Waals surface area contributed by atoms with Crippen molar-refractivity contribution >= 4 is 27.5 Å². The third-order valence-electron chi connectivity index (χ3n) is 2.54. The van der Waals surface area contributed by atoms with Crippen LogP contribution in [0.4, 0.5) is 18.9 Å². The summed E-state index contributed by atoms with van der Waals surface area (Å²) in [5.74, 6) is -1.35. The van der Waals surface area contributed by atoms with Crippen molar-refractivity contribution in [2.24, 2.45) is 0 Å². The summed E-state index contributed by atoms with van der Waals surface area (Å²) in [6.07, 6.45) is -3.38. The molecule has 110 valence electrons. The highest BCUT2D eigenvalue weighted by atomic mass is 79.9. The van der Waals surface area contributed by atoms with Gasteiger partial charge in [0.25, 0.3) is 5.91 Å². The van der Waals surface area contributed by atoms with Crippen molar-refractivity contribution in [2.45, 2.75) is 6.18 Å². The lowest BCUT2D eigenvalue weighted by Crippen LogP contribution is -2.17.